The van der Waals surface area contributed by atoms with E-state index in [4.69, 9.17) is 9.47 Å². The number of piperidine rings is 1. The number of ether oxygens (including phenoxy) is 2. The fourth-order valence-corrected chi connectivity index (χ4v) is 4.78. The number of nitrogens with zero attached hydrogens (tertiary/aromatic N) is 1. The van der Waals surface area contributed by atoms with Crippen molar-refractivity contribution in [3.8, 4) is 0 Å². The van der Waals surface area contributed by atoms with Crippen molar-refractivity contribution in [3.63, 3.8) is 0 Å². The predicted octanol–water partition coefficient (Wildman–Crippen LogP) is 3.49. The Morgan fingerprint density at radius 3 is 2.12 bits per heavy atom. The number of aliphatic hydroxyl groups is 1. The summed E-state index contributed by atoms with van der Waals surface area (Å²) >= 11 is 0. The molecule has 1 N–H and O–H groups in total. The molecule has 0 aromatic heterocycles. The average Bonchev–Trinajstić information content (AvgIpc) is 2.73. The zero-order valence-electron chi connectivity index (χ0n) is 15.4. The van der Waals surface area contributed by atoms with Crippen LogP contribution < -0.4 is 0 Å². The quantitative estimate of drug-likeness (QED) is 0.743. The lowest BCUT2D eigenvalue weighted by molar-refractivity contribution is -0.158. The fraction of sp³-hybridized carbons (Fsp3) is 0.947. The molecule has 2 unspecified atom stereocenters. The van der Waals surface area contributed by atoms with Crippen LogP contribution in [0.2, 0.25) is 0 Å². The molecular weight excluding hydrogens is 306 g/mol. The van der Waals surface area contributed by atoms with E-state index >= 15 is 0 Å². The van der Waals surface area contributed by atoms with Crippen molar-refractivity contribution in [2.24, 2.45) is 5.92 Å². The van der Waals surface area contributed by atoms with E-state index in [1.165, 1.54) is 25.7 Å². The van der Waals surface area contributed by atoms with Gasteiger partial charge >= 0.3 is 6.09 Å². The Hall–Kier alpha value is -0.810. The number of hydrogen-bond acceptors (Lipinski definition) is 4. The van der Waals surface area contributed by atoms with Crippen molar-refractivity contribution in [2.75, 3.05) is 13.2 Å². The van der Waals surface area contributed by atoms with E-state index in [9.17, 15) is 9.90 Å². The summed E-state index contributed by atoms with van der Waals surface area (Å²) in [7, 11) is 0. The van der Waals surface area contributed by atoms with Gasteiger partial charge in [0.25, 0.3) is 0 Å². The van der Waals surface area contributed by atoms with Crippen LogP contribution in [0.15, 0.2) is 0 Å². The van der Waals surface area contributed by atoms with E-state index in [0.717, 1.165) is 12.8 Å². The molecule has 0 aromatic carbocycles. The van der Waals surface area contributed by atoms with Crippen LogP contribution in [0.5, 0.6) is 0 Å². The number of fused-ring (bicyclic) bond motifs is 2. The SMILES string of the molecule is CC(C)(C)OC(=O)N1C2COCC1CC(O)(C1CCCCCC1)C2. The first-order chi connectivity index (χ1) is 11.3. The molecule has 3 rings (SSSR count). The second-order valence-electron chi connectivity index (χ2n) is 8.93. The molecule has 3 aliphatic rings. The van der Waals surface area contributed by atoms with Crippen molar-refractivity contribution >= 4 is 6.09 Å². The van der Waals surface area contributed by atoms with E-state index in [2.05, 4.69) is 0 Å². The molecule has 1 aliphatic carbocycles. The minimum absolute atomic E-state index is 0.0689. The maximum Gasteiger partial charge on any atom is 0.410 e. The third kappa shape index (κ3) is 3.88. The summed E-state index contributed by atoms with van der Waals surface area (Å²) in [6.45, 7) is 6.69. The third-order valence-corrected chi connectivity index (χ3v) is 5.80. The van der Waals surface area contributed by atoms with Gasteiger partial charge in [-0.2, -0.15) is 0 Å². The number of carbonyl (C=O) groups excluding carboxylic acids is 1. The number of amides is 1. The second-order valence-corrected chi connectivity index (χ2v) is 8.93. The van der Waals surface area contributed by atoms with Gasteiger partial charge in [0.1, 0.15) is 5.60 Å². The standard InChI is InChI=1S/C19H33NO4/c1-18(2,3)24-17(21)20-15-10-19(22,11-16(20)13-23-12-15)14-8-6-4-5-7-9-14/h14-16,22H,4-13H2,1-3H3. The molecule has 1 saturated carbocycles. The highest BCUT2D eigenvalue weighted by Gasteiger charge is 2.51. The molecule has 5 nitrogen and oxygen atoms in total. The van der Waals surface area contributed by atoms with Gasteiger partial charge in [-0.05, 0) is 52.4 Å². The number of hydrogen-bond donors (Lipinski definition) is 1. The Balaban J connectivity index is 1.73. The van der Waals surface area contributed by atoms with Gasteiger partial charge in [-0.25, -0.2) is 4.79 Å². The zero-order valence-corrected chi connectivity index (χ0v) is 15.4. The summed E-state index contributed by atoms with van der Waals surface area (Å²) in [6, 6.07) is -0.138. The Kier molecular flexibility index (Phi) is 5.12. The van der Waals surface area contributed by atoms with Crippen molar-refractivity contribution in [1.82, 2.24) is 4.90 Å². The van der Waals surface area contributed by atoms with Crippen LogP contribution in [-0.4, -0.2) is 52.6 Å². The summed E-state index contributed by atoms with van der Waals surface area (Å²) in [5.74, 6) is 0.365. The van der Waals surface area contributed by atoms with Gasteiger partial charge < -0.3 is 14.6 Å². The topological polar surface area (TPSA) is 59.0 Å². The smallest absolute Gasteiger partial charge is 0.410 e. The lowest BCUT2D eigenvalue weighted by atomic mass is 9.71. The van der Waals surface area contributed by atoms with E-state index in [0.29, 0.717) is 32.0 Å². The molecule has 138 valence electrons. The van der Waals surface area contributed by atoms with Crippen LogP contribution in [-0.2, 0) is 9.47 Å². The average molecular weight is 339 g/mol. The summed E-state index contributed by atoms with van der Waals surface area (Å²) in [5.41, 5.74) is -1.15. The maximum atomic E-state index is 12.6. The van der Waals surface area contributed by atoms with Crippen LogP contribution in [0.3, 0.4) is 0 Å². The van der Waals surface area contributed by atoms with Gasteiger partial charge in [0.2, 0.25) is 0 Å². The Morgan fingerprint density at radius 1 is 1.08 bits per heavy atom. The first-order valence-corrected chi connectivity index (χ1v) is 9.60. The molecule has 2 saturated heterocycles. The Labute approximate surface area is 145 Å². The van der Waals surface area contributed by atoms with Crippen LogP contribution in [0, 0.1) is 5.92 Å². The van der Waals surface area contributed by atoms with Gasteiger partial charge in [-0.3, -0.25) is 4.90 Å². The molecule has 0 aromatic rings. The zero-order chi connectivity index (χ0) is 17.4. The van der Waals surface area contributed by atoms with Crippen molar-refractivity contribution in [2.45, 2.75) is 95.4 Å². The summed E-state index contributed by atoms with van der Waals surface area (Å²) in [5, 5.41) is 11.4. The number of morpholine rings is 1. The van der Waals surface area contributed by atoms with Crippen LogP contribution >= 0.6 is 0 Å². The van der Waals surface area contributed by atoms with Crippen LogP contribution in [0.25, 0.3) is 0 Å². The summed E-state index contributed by atoms with van der Waals surface area (Å²) < 4.78 is 11.3. The van der Waals surface area contributed by atoms with Gasteiger partial charge in [0, 0.05) is 0 Å². The van der Waals surface area contributed by atoms with E-state index < -0.39 is 11.2 Å². The highest BCUT2D eigenvalue weighted by atomic mass is 16.6. The lowest BCUT2D eigenvalue weighted by Gasteiger charge is -2.53. The predicted molar refractivity (Wildman–Crippen MR) is 91.8 cm³/mol. The largest absolute Gasteiger partial charge is 0.444 e. The van der Waals surface area contributed by atoms with Gasteiger partial charge in [0.05, 0.1) is 30.9 Å². The number of carbonyl (C=O) groups is 1. The normalized spacial score (nSPS) is 35.4. The molecule has 2 heterocycles. The van der Waals surface area contributed by atoms with Gasteiger partial charge in [0.15, 0.2) is 0 Å². The van der Waals surface area contributed by atoms with Gasteiger partial charge in [-0.15, -0.1) is 0 Å². The van der Waals surface area contributed by atoms with Crippen molar-refractivity contribution in [1.29, 1.82) is 0 Å². The molecule has 24 heavy (non-hydrogen) atoms. The molecule has 5 heteroatoms. The summed E-state index contributed by atoms with van der Waals surface area (Å²) in [6.07, 6.45) is 8.21. The van der Waals surface area contributed by atoms with Gasteiger partial charge in [-0.1, -0.05) is 25.7 Å². The first kappa shape index (κ1) is 18.0. The van der Waals surface area contributed by atoms with Crippen LogP contribution in [0.1, 0.15) is 72.1 Å². The highest BCUT2D eigenvalue weighted by molar-refractivity contribution is 5.69. The molecule has 3 fully saturated rings. The second kappa shape index (κ2) is 6.83. The van der Waals surface area contributed by atoms with Crippen molar-refractivity contribution < 1.29 is 19.4 Å². The molecule has 1 amide bonds. The molecule has 2 aliphatic heterocycles. The number of rotatable bonds is 1. The molecule has 2 atom stereocenters. The monoisotopic (exact) mass is 339 g/mol. The highest BCUT2D eigenvalue weighted by Crippen LogP contribution is 2.43. The Bertz CT molecular complexity index is 437. The Morgan fingerprint density at radius 2 is 1.62 bits per heavy atom. The van der Waals surface area contributed by atoms with Crippen LogP contribution in [0.4, 0.5) is 4.79 Å². The lowest BCUT2D eigenvalue weighted by Crippen LogP contribution is -2.65. The maximum absolute atomic E-state index is 12.6. The molecular formula is C19H33NO4. The molecule has 0 radical (unpaired) electrons. The minimum atomic E-state index is -0.651. The summed E-state index contributed by atoms with van der Waals surface area (Å²) in [4.78, 5) is 14.5. The van der Waals surface area contributed by atoms with E-state index in [1.54, 1.807) is 0 Å². The first-order valence-electron chi connectivity index (χ1n) is 9.60. The molecule has 0 spiro atoms. The van der Waals surface area contributed by atoms with E-state index in [1.807, 2.05) is 25.7 Å². The fourth-order valence-electron chi connectivity index (χ4n) is 4.78. The third-order valence-electron chi connectivity index (χ3n) is 5.80. The van der Waals surface area contributed by atoms with Crippen molar-refractivity contribution in [3.05, 3.63) is 0 Å². The minimum Gasteiger partial charge on any atom is -0.444 e. The molecule has 2 bridgehead atoms. The van der Waals surface area contributed by atoms with E-state index in [-0.39, 0.29) is 18.2 Å².